The number of hydrogen-bond donors (Lipinski definition) is 1. The number of H-pyrrole nitrogens is 1. The van der Waals surface area contributed by atoms with Crippen molar-refractivity contribution in [3.05, 3.63) is 73.9 Å². The van der Waals surface area contributed by atoms with Crippen molar-refractivity contribution in [1.82, 2.24) is 19.6 Å². The number of likely N-dealkylation sites (tertiary alicyclic amines) is 1. The van der Waals surface area contributed by atoms with Gasteiger partial charge in [0.25, 0.3) is 5.56 Å². The molecule has 5 rings (SSSR count). The second kappa shape index (κ2) is 8.98. The summed E-state index contributed by atoms with van der Waals surface area (Å²) in [6, 6.07) is 5.56. The second-order valence-corrected chi connectivity index (χ2v) is 9.42. The van der Waals surface area contributed by atoms with Gasteiger partial charge in [0, 0.05) is 31.2 Å². The van der Waals surface area contributed by atoms with Gasteiger partial charge in [-0.05, 0) is 56.8 Å². The average molecular weight is 511 g/mol. The third-order valence-electron chi connectivity index (χ3n) is 7.19. The second-order valence-electron chi connectivity index (χ2n) is 9.42. The predicted octanol–water partition coefficient (Wildman–Crippen LogP) is 3.91. The summed E-state index contributed by atoms with van der Waals surface area (Å²) in [6.07, 6.45) is -1.08. The molecule has 1 saturated carbocycles. The zero-order valence-electron chi connectivity index (χ0n) is 19.3. The maximum Gasteiger partial charge on any atom is 0.416 e. The zero-order valence-corrected chi connectivity index (χ0v) is 20.1. The van der Waals surface area contributed by atoms with Crippen LogP contribution in [0.4, 0.5) is 13.2 Å². The van der Waals surface area contributed by atoms with Crippen molar-refractivity contribution >= 4 is 12.4 Å². The first kappa shape index (κ1) is 25.2. The normalized spacial score (nSPS) is 21.6. The number of aryl methyl sites for hydroxylation is 3. The Morgan fingerprint density at radius 2 is 1.89 bits per heavy atom. The predicted molar refractivity (Wildman–Crippen MR) is 126 cm³/mol. The number of piperidine rings is 1. The zero-order chi connectivity index (χ0) is 24.3. The number of halogens is 4. The quantitative estimate of drug-likeness (QED) is 0.543. The Hall–Kier alpha value is -2.85. The van der Waals surface area contributed by atoms with E-state index in [1.54, 1.807) is 32.2 Å². The van der Waals surface area contributed by atoms with E-state index in [0.717, 1.165) is 31.6 Å². The van der Waals surface area contributed by atoms with Gasteiger partial charge in [-0.1, -0.05) is 17.3 Å². The molecule has 11 heteroatoms. The van der Waals surface area contributed by atoms with Gasteiger partial charge in [-0.3, -0.25) is 14.3 Å². The number of benzene rings is 1. The Bertz CT molecular complexity index is 1330. The van der Waals surface area contributed by atoms with Crippen LogP contribution in [0.5, 0.6) is 0 Å². The molecule has 0 amide bonds. The van der Waals surface area contributed by atoms with E-state index in [1.165, 1.54) is 16.7 Å². The van der Waals surface area contributed by atoms with Crippen LogP contribution in [0.1, 0.15) is 35.4 Å². The highest BCUT2D eigenvalue weighted by atomic mass is 35.5. The molecule has 0 unspecified atom stereocenters. The van der Waals surface area contributed by atoms with Crippen molar-refractivity contribution in [3.8, 4) is 11.1 Å². The molecule has 1 aliphatic carbocycles. The van der Waals surface area contributed by atoms with E-state index in [2.05, 4.69) is 15.0 Å². The fraction of sp³-hybridized carbons (Fsp3) is 0.458. The van der Waals surface area contributed by atoms with Gasteiger partial charge in [0.2, 0.25) is 0 Å². The van der Waals surface area contributed by atoms with E-state index < -0.39 is 23.0 Å². The van der Waals surface area contributed by atoms with Crippen molar-refractivity contribution in [3.63, 3.8) is 0 Å². The van der Waals surface area contributed by atoms with Gasteiger partial charge >= 0.3 is 11.9 Å². The molecule has 3 heterocycles. The molecule has 2 aromatic heterocycles. The molecule has 2 atom stereocenters. The SMILES string of the molecule is Cc1noc(C)c1-c1cn(CCCN2C[C@@H]3C[C@]3(c3ccc(C(F)(F)F)cc3)C2)c(=O)[nH]c1=O.Cl. The lowest BCUT2D eigenvalue weighted by Gasteiger charge is -2.21. The summed E-state index contributed by atoms with van der Waals surface area (Å²) in [5, 5.41) is 3.88. The highest BCUT2D eigenvalue weighted by Gasteiger charge is 2.60. The first-order chi connectivity index (χ1) is 16.1. The van der Waals surface area contributed by atoms with Gasteiger partial charge in [-0.2, -0.15) is 13.2 Å². The Balaban J connectivity index is 0.00000289. The van der Waals surface area contributed by atoms with Crippen LogP contribution in [0.15, 0.2) is 44.6 Å². The summed E-state index contributed by atoms with van der Waals surface area (Å²) in [5.74, 6) is 0.962. The molecular weight excluding hydrogens is 485 g/mol. The first-order valence-corrected chi connectivity index (χ1v) is 11.3. The van der Waals surface area contributed by atoms with Crippen LogP contribution in [-0.4, -0.2) is 39.2 Å². The molecule has 3 aromatic rings. The minimum absolute atomic E-state index is 0. The number of hydrogen-bond acceptors (Lipinski definition) is 5. The lowest BCUT2D eigenvalue weighted by Crippen LogP contribution is -2.32. The van der Waals surface area contributed by atoms with Crippen LogP contribution in [0.3, 0.4) is 0 Å². The molecule has 1 N–H and O–H groups in total. The monoisotopic (exact) mass is 510 g/mol. The molecule has 0 radical (unpaired) electrons. The topological polar surface area (TPSA) is 84.1 Å². The molecule has 1 aromatic carbocycles. The number of nitrogens with zero attached hydrogens (tertiary/aromatic N) is 3. The van der Waals surface area contributed by atoms with Crippen molar-refractivity contribution in [2.45, 2.75) is 44.8 Å². The molecular formula is C24H26ClF3N4O3. The maximum absolute atomic E-state index is 12.9. The minimum Gasteiger partial charge on any atom is -0.361 e. The first-order valence-electron chi connectivity index (χ1n) is 11.3. The van der Waals surface area contributed by atoms with Gasteiger partial charge in [-0.25, -0.2) is 4.79 Å². The summed E-state index contributed by atoms with van der Waals surface area (Å²) in [5.41, 5.74) is 0.858. The Kier molecular flexibility index (Phi) is 6.48. The van der Waals surface area contributed by atoms with Crippen LogP contribution in [-0.2, 0) is 18.1 Å². The highest BCUT2D eigenvalue weighted by Crippen LogP contribution is 2.59. The van der Waals surface area contributed by atoms with E-state index in [1.807, 2.05) is 0 Å². The Morgan fingerprint density at radius 3 is 2.51 bits per heavy atom. The number of alkyl halides is 3. The van der Waals surface area contributed by atoms with Crippen LogP contribution >= 0.6 is 12.4 Å². The third-order valence-corrected chi connectivity index (χ3v) is 7.19. The molecule has 35 heavy (non-hydrogen) atoms. The number of fused-ring (bicyclic) bond motifs is 1. The third kappa shape index (κ3) is 4.56. The fourth-order valence-corrected chi connectivity index (χ4v) is 5.38. The van der Waals surface area contributed by atoms with E-state index in [9.17, 15) is 22.8 Å². The standard InChI is InChI=1S/C24H25F3N4O3.ClH/c1-14-20(15(2)34-29-14)19-12-31(22(33)28-21(19)32)9-3-8-30-11-18-10-23(18,13-30)16-4-6-17(7-5-16)24(25,26)27;/h4-7,12,18H,3,8-11,13H2,1-2H3,(H,28,32,33);1H/t18-,23+;/m0./s1. The lowest BCUT2D eigenvalue weighted by atomic mass is 9.94. The number of aromatic nitrogens is 3. The smallest absolute Gasteiger partial charge is 0.361 e. The lowest BCUT2D eigenvalue weighted by molar-refractivity contribution is -0.137. The van der Waals surface area contributed by atoms with E-state index in [4.69, 9.17) is 4.52 Å². The van der Waals surface area contributed by atoms with Gasteiger partial charge in [0.1, 0.15) is 5.76 Å². The summed E-state index contributed by atoms with van der Waals surface area (Å²) in [7, 11) is 0. The van der Waals surface area contributed by atoms with Gasteiger partial charge in [0.15, 0.2) is 0 Å². The van der Waals surface area contributed by atoms with Crippen molar-refractivity contribution in [2.24, 2.45) is 5.92 Å². The van der Waals surface area contributed by atoms with Crippen LogP contribution in [0.2, 0.25) is 0 Å². The molecule has 2 fully saturated rings. The fourth-order valence-electron chi connectivity index (χ4n) is 5.38. The Morgan fingerprint density at radius 1 is 1.17 bits per heavy atom. The van der Waals surface area contributed by atoms with E-state index >= 15 is 0 Å². The highest BCUT2D eigenvalue weighted by molar-refractivity contribution is 5.85. The molecule has 1 saturated heterocycles. The van der Waals surface area contributed by atoms with Crippen molar-refractivity contribution < 1.29 is 17.7 Å². The van der Waals surface area contributed by atoms with Gasteiger partial charge in [0.05, 0.1) is 22.4 Å². The largest absolute Gasteiger partial charge is 0.416 e. The summed E-state index contributed by atoms with van der Waals surface area (Å²) < 4.78 is 45.3. The van der Waals surface area contributed by atoms with Gasteiger partial charge in [-0.15, -0.1) is 12.4 Å². The molecule has 0 bridgehead atoms. The summed E-state index contributed by atoms with van der Waals surface area (Å²) >= 11 is 0. The van der Waals surface area contributed by atoms with Crippen molar-refractivity contribution in [2.75, 3.05) is 19.6 Å². The average Bonchev–Trinajstić information content (AvgIpc) is 3.19. The minimum atomic E-state index is -4.33. The van der Waals surface area contributed by atoms with Crippen molar-refractivity contribution in [1.29, 1.82) is 0 Å². The van der Waals surface area contributed by atoms with Crippen LogP contribution in [0, 0.1) is 19.8 Å². The Labute approximate surface area is 205 Å². The van der Waals surface area contributed by atoms with E-state index in [0.29, 0.717) is 41.5 Å². The van der Waals surface area contributed by atoms with Gasteiger partial charge < -0.3 is 9.42 Å². The number of rotatable bonds is 6. The molecule has 2 aliphatic rings. The molecule has 188 valence electrons. The number of aromatic amines is 1. The maximum atomic E-state index is 12.9. The summed E-state index contributed by atoms with van der Waals surface area (Å²) in [4.78, 5) is 29.4. The molecule has 0 spiro atoms. The number of nitrogens with one attached hydrogen (secondary N) is 1. The van der Waals surface area contributed by atoms with E-state index in [-0.39, 0.29) is 17.8 Å². The van der Waals surface area contributed by atoms with Crippen LogP contribution in [0.25, 0.3) is 11.1 Å². The molecule has 7 nitrogen and oxygen atoms in total. The summed E-state index contributed by atoms with van der Waals surface area (Å²) in [6.45, 7) is 6.34. The van der Waals surface area contributed by atoms with Crippen LogP contribution < -0.4 is 11.2 Å². The molecule has 1 aliphatic heterocycles.